The summed E-state index contributed by atoms with van der Waals surface area (Å²) < 4.78 is 9.14. The van der Waals surface area contributed by atoms with E-state index in [4.69, 9.17) is 4.74 Å². The van der Waals surface area contributed by atoms with Crippen LogP contribution in [-0.4, -0.2) is 5.60 Å². The fourth-order valence-corrected chi connectivity index (χ4v) is 4.92. The Hall–Kier alpha value is 0.480. The Kier molecular flexibility index (Phi) is 6.03. The molecule has 1 unspecified atom stereocenters. The van der Waals surface area contributed by atoms with Crippen molar-refractivity contribution in [2.45, 2.75) is 70.8 Å². The molecule has 0 saturated heterocycles. The minimum absolute atomic E-state index is 0.0349. The lowest BCUT2D eigenvalue weighted by atomic mass is 9.86. The van der Waals surface area contributed by atoms with E-state index in [9.17, 15) is 0 Å². The maximum atomic E-state index is 6.57. The van der Waals surface area contributed by atoms with Crippen LogP contribution in [0.5, 0.6) is 5.75 Å². The first-order chi connectivity index (χ1) is 9.45. The standard InChI is InChI=1S/C17H24I2O/c1-4-12(2)14-10-13(18)11-15(19)16(14)20-17(3)8-6-5-7-9-17/h10-12H,4-9H2,1-3H3. The zero-order valence-corrected chi connectivity index (χ0v) is 17.0. The van der Waals surface area contributed by atoms with E-state index in [0.29, 0.717) is 5.92 Å². The monoisotopic (exact) mass is 498 g/mol. The molecule has 1 saturated carbocycles. The summed E-state index contributed by atoms with van der Waals surface area (Å²) in [4.78, 5) is 0. The van der Waals surface area contributed by atoms with Crippen molar-refractivity contribution in [2.75, 3.05) is 0 Å². The third kappa shape index (κ3) is 4.02. The van der Waals surface area contributed by atoms with Crippen LogP contribution in [0, 0.1) is 7.14 Å². The summed E-state index contributed by atoms with van der Waals surface area (Å²) in [6.45, 7) is 6.85. The molecule has 0 radical (unpaired) electrons. The zero-order chi connectivity index (χ0) is 14.8. The second-order valence-corrected chi connectivity index (χ2v) is 8.64. The highest BCUT2D eigenvalue weighted by Gasteiger charge is 2.30. The van der Waals surface area contributed by atoms with E-state index in [2.05, 4.69) is 78.1 Å². The van der Waals surface area contributed by atoms with Crippen LogP contribution in [0.4, 0.5) is 0 Å². The lowest BCUT2D eigenvalue weighted by molar-refractivity contribution is 0.0465. The number of hydrogen-bond donors (Lipinski definition) is 0. The molecule has 0 bridgehead atoms. The molecule has 1 aliphatic rings. The van der Waals surface area contributed by atoms with Gasteiger partial charge in [0.2, 0.25) is 0 Å². The first-order valence-electron chi connectivity index (χ1n) is 7.63. The lowest BCUT2D eigenvalue weighted by Gasteiger charge is -2.36. The Morgan fingerprint density at radius 1 is 1.20 bits per heavy atom. The van der Waals surface area contributed by atoms with Crippen LogP contribution in [0.1, 0.15) is 70.8 Å². The van der Waals surface area contributed by atoms with Gasteiger partial charge in [0, 0.05) is 3.57 Å². The van der Waals surface area contributed by atoms with Gasteiger partial charge in [0.1, 0.15) is 11.4 Å². The highest BCUT2D eigenvalue weighted by atomic mass is 127. The maximum absolute atomic E-state index is 6.57. The number of hydrogen-bond acceptors (Lipinski definition) is 1. The third-order valence-corrected chi connectivity index (χ3v) is 5.86. The van der Waals surface area contributed by atoms with Crippen molar-refractivity contribution in [2.24, 2.45) is 0 Å². The molecule has 1 atom stereocenters. The molecule has 0 aliphatic heterocycles. The van der Waals surface area contributed by atoms with Gasteiger partial charge in [-0.2, -0.15) is 0 Å². The third-order valence-electron chi connectivity index (χ3n) is 4.44. The lowest BCUT2D eigenvalue weighted by Crippen LogP contribution is -2.35. The Balaban J connectivity index is 2.34. The molecule has 0 heterocycles. The Morgan fingerprint density at radius 2 is 1.85 bits per heavy atom. The zero-order valence-electron chi connectivity index (χ0n) is 12.6. The fraction of sp³-hybridized carbons (Fsp3) is 0.647. The van der Waals surface area contributed by atoms with Gasteiger partial charge >= 0.3 is 0 Å². The van der Waals surface area contributed by atoms with E-state index >= 15 is 0 Å². The van der Waals surface area contributed by atoms with E-state index in [1.54, 1.807) is 0 Å². The smallest absolute Gasteiger partial charge is 0.136 e. The summed E-state index contributed by atoms with van der Waals surface area (Å²) >= 11 is 4.85. The van der Waals surface area contributed by atoms with E-state index in [1.165, 1.54) is 44.8 Å². The van der Waals surface area contributed by atoms with Crippen molar-refractivity contribution in [1.82, 2.24) is 0 Å². The largest absolute Gasteiger partial charge is 0.486 e. The van der Waals surface area contributed by atoms with E-state index in [-0.39, 0.29) is 5.60 Å². The first-order valence-corrected chi connectivity index (χ1v) is 9.79. The predicted molar refractivity (Wildman–Crippen MR) is 103 cm³/mol. The van der Waals surface area contributed by atoms with Gasteiger partial charge < -0.3 is 4.74 Å². The molecule has 20 heavy (non-hydrogen) atoms. The van der Waals surface area contributed by atoms with E-state index in [1.807, 2.05) is 0 Å². The molecule has 1 aromatic rings. The van der Waals surface area contributed by atoms with Crippen molar-refractivity contribution in [3.05, 3.63) is 24.8 Å². The van der Waals surface area contributed by atoms with Crippen molar-refractivity contribution in [1.29, 1.82) is 0 Å². The summed E-state index contributed by atoms with van der Waals surface area (Å²) in [6.07, 6.45) is 7.50. The fourth-order valence-electron chi connectivity index (χ4n) is 2.92. The summed E-state index contributed by atoms with van der Waals surface area (Å²) in [5.74, 6) is 1.70. The highest BCUT2D eigenvalue weighted by Crippen LogP contribution is 2.40. The molecule has 1 aromatic carbocycles. The Labute approximate surface area is 150 Å². The second kappa shape index (κ2) is 7.16. The van der Waals surface area contributed by atoms with Crippen molar-refractivity contribution in [3.8, 4) is 5.75 Å². The topological polar surface area (TPSA) is 9.23 Å². The molecular formula is C17H24I2O. The van der Waals surface area contributed by atoms with E-state index < -0.39 is 0 Å². The van der Waals surface area contributed by atoms with Crippen molar-refractivity contribution >= 4 is 45.2 Å². The molecular weight excluding hydrogens is 474 g/mol. The van der Waals surface area contributed by atoms with Crippen LogP contribution in [0.15, 0.2) is 12.1 Å². The van der Waals surface area contributed by atoms with Crippen molar-refractivity contribution in [3.63, 3.8) is 0 Å². The minimum Gasteiger partial charge on any atom is -0.486 e. The molecule has 0 N–H and O–H groups in total. The normalized spacial score (nSPS) is 19.6. The van der Waals surface area contributed by atoms with Crippen LogP contribution in [0.3, 0.4) is 0 Å². The Bertz CT molecular complexity index is 464. The van der Waals surface area contributed by atoms with Gasteiger partial charge in [0.25, 0.3) is 0 Å². The molecule has 0 spiro atoms. The summed E-state index contributed by atoms with van der Waals surface area (Å²) in [6, 6.07) is 4.53. The molecule has 112 valence electrons. The molecule has 1 fully saturated rings. The number of halogens is 2. The summed E-state index contributed by atoms with van der Waals surface area (Å²) in [5.41, 5.74) is 1.42. The molecule has 0 aromatic heterocycles. The van der Waals surface area contributed by atoms with Gasteiger partial charge in [-0.25, -0.2) is 0 Å². The Morgan fingerprint density at radius 3 is 2.45 bits per heavy atom. The van der Waals surface area contributed by atoms with Crippen LogP contribution < -0.4 is 4.74 Å². The van der Waals surface area contributed by atoms with E-state index in [0.717, 1.165) is 12.2 Å². The van der Waals surface area contributed by atoms with Gasteiger partial charge in [-0.3, -0.25) is 0 Å². The van der Waals surface area contributed by atoms with Crippen LogP contribution in [0.25, 0.3) is 0 Å². The van der Waals surface area contributed by atoms with Gasteiger partial charge in [0.05, 0.1) is 3.57 Å². The van der Waals surface area contributed by atoms with Crippen LogP contribution in [-0.2, 0) is 0 Å². The van der Waals surface area contributed by atoms with Crippen LogP contribution >= 0.6 is 45.2 Å². The molecule has 3 heteroatoms. The van der Waals surface area contributed by atoms with Gasteiger partial charge in [-0.05, 0) is 108 Å². The molecule has 1 aliphatic carbocycles. The summed E-state index contributed by atoms with van der Waals surface area (Å²) in [7, 11) is 0. The SMILES string of the molecule is CCC(C)c1cc(I)cc(I)c1OC1(C)CCCCC1. The quantitative estimate of drug-likeness (QED) is 0.431. The van der Waals surface area contributed by atoms with Crippen molar-refractivity contribution < 1.29 is 4.74 Å². The van der Waals surface area contributed by atoms with Gasteiger partial charge in [-0.15, -0.1) is 0 Å². The molecule has 0 amide bonds. The minimum atomic E-state index is 0.0349. The van der Waals surface area contributed by atoms with Gasteiger partial charge in [-0.1, -0.05) is 20.3 Å². The average Bonchev–Trinajstić information content (AvgIpc) is 2.41. The number of rotatable bonds is 4. The number of benzene rings is 1. The van der Waals surface area contributed by atoms with Crippen LogP contribution in [0.2, 0.25) is 0 Å². The first kappa shape index (κ1) is 16.8. The summed E-state index contributed by atoms with van der Waals surface area (Å²) in [5, 5.41) is 0. The molecule has 1 nitrogen and oxygen atoms in total. The highest BCUT2D eigenvalue weighted by molar-refractivity contribution is 14.1. The second-order valence-electron chi connectivity index (χ2n) is 6.23. The number of ether oxygens (including phenoxy) is 1. The maximum Gasteiger partial charge on any atom is 0.136 e. The predicted octanol–water partition coefficient (Wildman–Crippen LogP) is 6.51. The average molecular weight is 498 g/mol. The molecule has 2 rings (SSSR count). The van der Waals surface area contributed by atoms with Gasteiger partial charge in [0.15, 0.2) is 0 Å².